The maximum absolute atomic E-state index is 13.0. The summed E-state index contributed by atoms with van der Waals surface area (Å²) in [6, 6.07) is 5.85. The Balaban J connectivity index is 1.65. The highest BCUT2D eigenvalue weighted by Crippen LogP contribution is 2.23. The van der Waals surface area contributed by atoms with Gasteiger partial charge in [-0.25, -0.2) is 4.39 Å². The van der Waals surface area contributed by atoms with Crippen molar-refractivity contribution in [2.24, 2.45) is 0 Å². The highest BCUT2D eigenvalue weighted by Gasteiger charge is 2.34. The maximum atomic E-state index is 13.0. The van der Waals surface area contributed by atoms with Gasteiger partial charge in [0.25, 0.3) is 0 Å². The predicted molar refractivity (Wildman–Crippen MR) is 74.1 cm³/mol. The average Bonchev–Trinajstić information content (AvgIpc) is 2.94. The molecule has 2 aliphatic rings. The number of nitrogens with one attached hydrogen (secondary N) is 1. The Bertz CT molecular complexity index is 508. The number of amides is 1. The summed E-state index contributed by atoms with van der Waals surface area (Å²) >= 11 is 0. The molecule has 0 bridgehead atoms. The number of nitrogens with zero attached hydrogens (tertiary/aromatic N) is 1. The third-order valence-corrected chi connectivity index (χ3v) is 4.03. The SMILES string of the molecule is O=C([C@@H]1C[C@@H](O)CN1)N1CCO[C@@H](c2ccc(F)cc2)C1. The van der Waals surface area contributed by atoms with Gasteiger partial charge in [-0.3, -0.25) is 4.79 Å². The lowest BCUT2D eigenvalue weighted by Crippen LogP contribution is -2.49. The van der Waals surface area contributed by atoms with Crippen LogP contribution in [0.1, 0.15) is 18.1 Å². The lowest BCUT2D eigenvalue weighted by molar-refractivity contribution is -0.141. The second kappa shape index (κ2) is 6.09. The Morgan fingerprint density at radius 2 is 2.14 bits per heavy atom. The van der Waals surface area contributed by atoms with E-state index in [1.807, 2.05) is 0 Å². The van der Waals surface area contributed by atoms with Crippen LogP contribution in [0.2, 0.25) is 0 Å². The summed E-state index contributed by atoms with van der Waals surface area (Å²) in [6.45, 7) is 1.93. The molecule has 2 aliphatic heterocycles. The zero-order valence-corrected chi connectivity index (χ0v) is 11.7. The van der Waals surface area contributed by atoms with Crippen LogP contribution in [-0.2, 0) is 9.53 Å². The fraction of sp³-hybridized carbons (Fsp3) is 0.533. The van der Waals surface area contributed by atoms with Gasteiger partial charge in [-0.2, -0.15) is 0 Å². The van der Waals surface area contributed by atoms with Crippen LogP contribution in [0.15, 0.2) is 24.3 Å². The number of rotatable bonds is 2. The quantitative estimate of drug-likeness (QED) is 0.831. The zero-order chi connectivity index (χ0) is 14.8. The van der Waals surface area contributed by atoms with Crippen molar-refractivity contribution >= 4 is 5.91 Å². The van der Waals surface area contributed by atoms with Crippen LogP contribution < -0.4 is 5.32 Å². The highest BCUT2D eigenvalue weighted by molar-refractivity contribution is 5.82. The number of carbonyl (C=O) groups is 1. The first-order valence-corrected chi connectivity index (χ1v) is 7.21. The van der Waals surface area contributed by atoms with Crippen LogP contribution in [0.5, 0.6) is 0 Å². The Hall–Kier alpha value is -1.50. The molecule has 1 amide bonds. The molecule has 0 aliphatic carbocycles. The van der Waals surface area contributed by atoms with E-state index < -0.39 is 6.10 Å². The van der Waals surface area contributed by atoms with E-state index in [-0.39, 0.29) is 23.9 Å². The van der Waals surface area contributed by atoms with E-state index in [4.69, 9.17) is 4.74 Å². The lowest BCUT2D eigenvalue weighted by Gasteiger charge is -2.34. The number of halogens is 1. The van der Waals surface area contributed by atoms with Gasteiger partial charge in [-0.15, -0.1) is 0 Å². The van der Waals surface area contributed by atoms with Crippen molar-refractivity contribution in [2.45, 2.75) is 24.7 Å². The van der Waals surface area contributed by atoms with Gasteiger partial charge in [0.1, 0.15) is 11.9 Å². The minimum Gasteiger partial charge on any atom is -0.392 e. The molecule has 2 saturated heterocycles. The molecule has 0 saturated carbocycles. The Kier molecular flexibility index (Phi) is 4.19. The largest absolute Gasteiger partial charge is 0.392 e. The first-order chi connectivity index (χ1) is 10.1. The van der Waals surface area contributed by atoms with E-state index in [0.29, 0.717) is 32.7 Å². The summed E-state index contributed by atoms with van der Waals surface area (Å²) in [5.41, 5.74) is 0.869. The number of morpholine rings is 1. The van der Waals surface area contributed by atoms with E-state index in [1.165, 1.54) is 12.1 Å². The number of carbonyl (C=O) groups excluding carboxylic acids is 1. The molecule has 2 heterocycles. The van der Waals surface area contributed by atoms with Gasteiger partial charge in [0.15, 0.2) is 0 Å². The second-order valence-corrected chi connectivity index (χ2v) is 5.55. The molecular formula is C15H19FN2O3. The van der Waals surface area contributed by atoms with Crippen molar-refractivity contribution in [1.82, 2.24) is 10.2 Å². The van der Waals surface area contributed by atoms with Gasteiger partial charge in [0.05, 0.1) is 25.3 Å². The van der Waals surface area contributed by atoms with E-state index >= 15 is 0 Å². The van der Waals surface area contributed by atoms with Crippen LogP contribution in [0.3, 0.4) is 0 Å². The molecule has 0 spiro atoms. The fourth-order valence-electron chi connectivity index (χ4n) is 2.85. The normalized spacial score (nSPS) is 29.6. The number of benzene rings is 1. The van der Waals surface area contributed by atoms with E-state index in [0.717, 1.165) is 5.56 Å². The van der Waals surface area contributed by atoms with Gasteiger partial charge >= 0.3 is 0 Å². The number of aliphatic hydroxyl groups excluding tert-OH is 1. The first kappa shape index (κ1) is 14.4. The molecule has 21 heavy (non-hydrogen) atoms. The summed E-state index contributed by atoms with van der Waals surface area (Å²) in [5.74, 6) is -0.284. The standard InChI is InChI=1S/C15H19FN2O3/c16-11-3-1-10(2-4-11)14-9-18(5-6-21-14)15(20)13-7-12(19)8-17-13/h1-4,12-14,17,19H,5-9H2/t12-,13+,14-/m1/s1. The van der Waals surface area contributed by atoms with Crippen molar-refractivity contribution in [3.05, 3.63) is 35.6 Å². The summed E-state index contributed by atoms with van der Waals surface area (Å²) in [6.07, 6.45) is -0.222. The molecule has 114 valence electrons. The molecular weight excluding hydrogens is 275 g/mol. The van der Waals surface area contributed by atoms with E-state index in [2.05, 4.69) is 5.32 Å². The molecule has 5 nitrogen and oxygen atoms in total. The Labute approximate surface area is 122 Å². The molecule has 2 N–H and O–H groups in total. The van der Waals surface area contributed by atoms with Crippen molar-refractivity contribution in [3.63, 3.8) is 0 Å². The molecule has 3 rings (SSSR count). The van der Waals surface area contributed by atoms with Crippen LogP contribution in [0.4, 0.5) is 4.39 Å². The summed E-state index contributed by atoms with van der Waals surface area (Å²) in [4.78, 5) is 14.2. The zero-order valence-electron chi connectivity index (χ0n) is 11.7. The third-order valence-electron chi connectivity index (χ3n) is 4.03. The van der Waals surface area contributed by atoms with Crippen molar-refractivity contribution in [2.75, 3.05) is 26.2 Å². The van der Waals surface area contributed by atoms with Crippen molar-refractivity contribution in [3.8, 4) is 0 Å². The van der Waals surface area contributed by atoms with E-state index in [1.54, 1.807) is 17.0 Å². The maximum Gasteiger partial charge on any atom is 0.239 e. The molecule has 1 aromatic carbocycles. The number of hydrogen-bond donors (Lipinski definition) is 2. The smallest absolute Gasteiger partial charge is 0.239 e. The summed E-state index contributed by atoms with van der Waals surface area (Å²) in [7, 11) is 0. The second-order valence-electron chi connectivity index (χ2n) is 5.55. The number of aliphatic hydroxyl groups is 1. The predicted octanol–water partition coefficient (Wildman–Crippen LogP) is 0.448. The Morgan fingerprint density at radius 3 is 2.81 bits per heavy atom. The van der Waals surface area contributed by atoms with Gasteiger partial charge in [-0.1, -0.05) is 12.1 Å². The molecule has 2 fully saturated rings. The van der Waals surface area contributed by atoms with Crippen LogP contribution >= 0.6 is 0 Å². The van der Waals surface area contributed by atoms with Gasteiger partial charge < -0.3 is 20.1 Å². The van der Waals surface area contributed by atoms with Crippen LogP contribution in [0.25, 0.3) is 0 Å². The lowest BCUT2D eigenvalue weighted by atomic mass is 10.1. The topological polar surface area (TPSA) is 61.8 Å². The van der Waals surface area contributed by atoms with Gasteiger partial charge in [-0.05, 0) is 24.1 Å². The highest BCUT2D eigenvalue weighted by atomic mass is 19.1. The molecule has 1 aromatic rings. The molecule has 3 atom stereocenters. The fourth-order valence-corrected chi connectivity index (χ4v) is 2.85. The van der Waals surface area contributed by atoms with Crippen LogP contribution in [0, 0.1) is 5.82 Å². The van der Waals surface area contributed by atoms with Gasteiger partial charge in [0, 0.05) is 13.1 Å². The molecule has 0 aromatic heterocycles. The number of ether oxygens (including phenoxy) is 1. The molecule has 6 heteroatoms. The van der Waals surface area contributed by atoms with Crippen molar-refractivity contribution < 1.29 is 19.0 Å². The minimum absolute atomic E-state index is 0.00182. The van der Waals surface area contributed by atoms with Crippen LogP contribution in [-0.4, -0.2) is 54.3 Å². The monoisotopic (exact) mass is 294 g/mol. The number of hydrogen-bond acceptors (Lipinski definition) is 4. The van der Waals surface area contributed by atoms with Crippen molar-refractivity contribution in [1.29, 1.82) is 0 Å². The molecule has 0 unspecified atom stereocenters. The van der Waals surface area contributed by atoms with Gasteiger partial charge in [0.2, 0.25) is 5.91 Å². The summed E-state index contributed by atoms with van der Waals surface area (Å²) < 4.78 is 18.6. The first-order valence-electron chi connectivity index (χ1n) is 7.21. The number of β-amino-alcohol motifs (C(OH)–C–C–N with tert-alkyl or cyclic N) is 1. The minimum atomic E-state index is -0.451. The van der Waals surface area contributed by atoms with E-state index in [9.17, 15) is 14.3 Å². The third kappa shape index (κ3) is 3.23. The molecule has 0 radical (unpaired) electrons. The Morgan fingerprint density at radius 1 is 1.38 bits per heavy atom. The summed E-state index contributed by atoms with van der Waals surface area (Å²) in [5, 5.41) is 12.5. The average molecular weight is 294 g/mol.